The molecule has 1 N–H and O–H groups in total. The maximum Gasteiger partial charge on any atom is 0.243 e. The van der Waals surface area contributed by atoms with Crippen molar-refractivity contribution in [2.24, 2.45) is 0 Å². The minimum Gasteiger partial charge on any atom is -0.363 e. The van der Waals surface area contributed by atoms with Crippen LogP contribution in [0.2, 0.25) is 0 Å². The molecule has 4 rings (SSSR count). The normalized spacial score (nSPS) is 12.0. The summed E-state index contributed by atoms with van der Waals surface area (Å²) in [6, 6.07) is 14.7. The van der Waals surface area contributed by atoms with Crippen LogP contribution < -0.4 is 5.32 Å². The van der Waals surface area contributed by atoms with E-state index in [4.69, 9.17) is 4.98 Å². The third-order valence-corrected chi connectivity index (χ3v) is 5.47. The predicted octanol–water partition coefficient (Wildman–Crippen LogP) is 4.37. The van der Waals surface area contributed by atoms with Gasteiger partial charge in [0.25, 0.3) is 0 Å². The summed E-state index contributed by atoms with van der Waals surface area (Å²) >= 11 is 0. The number of hydrogen-bond acceptors (Lipinski definition) is 5. The third kappa shape index (κ3) is 4.61. The molecule has 7 nitrogen and oxygen atoms in total. The Morgan fingerprint density at radius 3 is 2.66 bits per heavy atom. The number of aromatic nitrogens is 4. The summed E-state index contributed by atoms with van der Waals surface area (Å²) in [7, 11) is 3.48. The van der Waals surface area contributed by atoms with Gasteiger partial charge in [-0.1, -0.05) is 35.9 Å². The van der Waals surface area contributed by atoms with Crippen molar-refractivity contribution in [2.75, 3.05) is 19.4 Å². The Balaban J connectivity index is 1.67. The van der Waals surface area contributed by atoms with Crippen molar-refractivity contribution in [3.63, 3.8) is 0 Å². The van der Waals surface area contributed by atoms with Crippen LogP contribution in [0.4, 0.5) is 5.82 Å². The van der Waals surface area contributed by atoms with Crippen molar-refractivity contribution in [3.05, 3.63) is 71.8 Å². The summed E-state index contributed by atoms with van der Waals surface area (Å²) in [6.45, 7) is 6.35. The third-order valence-electron chi connectivity index (χ3n) is 5.47. The fourth-order valence-corrected chi connectivity index (χ4v) is 3.64. The van der Waals surface area contributed by atoms with E-state index in [9.17, 15) is 4.79 Å². The average molecular weight is 429 g/mol. The first kappa shape index (κ1) is 21.5. The highest BCUT2D eigenvalue weighted by Gasteiger charge is 2.13. The smallest absolute Gasteiger partial charge is 0.243 e. The number of carbonyl (C=O) groups is 1. The Morgan fingerprint density at radius 1 is 1.09 bits per heavy atom. The van der Waals surface area contributed by atoms with Gasteiger partial charge in [0, 0.05) is 37.3 Å². The molecule has 2 heterocycles. The number of fused-ring (bicyclic) bond motifs is 1. The van der Waals surface area contributed by atoms with Gasteiger partial charge in [-0.15, -0.1) is 0 Å². The highest BCUT2D eigenvalue weighted by molar-refractivity contribution is 5.92. The van der Waals surface area contributed by atoms with Crippen molar-refractivity contribution >= 4 is 22.6 Å². The van der Waals surface area contributed by atoms with E-state index in [1.54, 1.807) is 29.9 Å². The topological polar surface area (TPSA) is 75.9 Å². The van der Waals surface area contributed by atoms with Crippen LogP contribution in [0.15, 0.2) is 54.9 Å². The van der Waals surface area contributed by atoms with Gasteiger partial charge in [-0.25, -0.2) is 9.97 Å². The van der Waals surface area contributed by atoms with Gasteiger partial charge in [0.15, 0.2) is 0 Å². The Hall–Kier alpha value is -3.74. The van der Waals surface area contributed by atoms with Crippen molar-refractivity contribution in [1.29, 1.82) is 0 Å². The summed E-state index contributed by atoms with van der Waals surface area (Å²) in [5.41, 5.74) is 5.26. The number of rotatable bonds is 6. The number of nitrogens with zero attached hydrogens (tertiary/aromatic N) is 5. The molecule has 4 aromatic rings. The van der Waals surface area contributed by atoms with Gasteiger partial charge in [-0.2, -0.15) is 5.10 Å². The lowest BCUT2D eigenvalue weighted by molar-refractivity contribution is -0.129. The maximum atomic E-state index is 12.0. The van der Waals surface area contributed by atoms with Crippen LogP contribution in [0.1, 0.15) is 29.9 Å². The first-order valence-corrected chi connectivity index (χ1v) is 10.6. The Labute approximate surface area is 188 Å². The number of anilines is 1. The van der Waals surface area contributed by atoms with Crippen molar-refractivity contribution in [2.45, 2.75) is 33.4 Å². The van der Waals surface area contributed by atoms with E-state index in [-0.39, 0.29) is 18.5 Å². The molecule has 0 aliphatic rings. The molecule has 0 saturated heterocycles. The van der Waals surface area contributed by atoms with E-state index >= 15 is 0 Å². The van der Waals surface area contributed by atoms with Gasteiger partial charge in [0.2, 0.25) is 5.91 Å². The first-order chi connectivity index (χ1) is 15.3. The molecule has 32 heavy (non-hydrogen) atoms. The quantitative estimate of drug-likeness (QED) is 0.493. The summed E-state index contributed by atoms with van der Waals surface area (Å²) in [5.74, 6) is 1.52. The van der Waals surface area contributed by atoms with Crippen LogP contribution in [0.25, 0.3) is 22.0 Å². The highest BCUT2D eigenvalue weighted by atomic mass is 16.2. The Bertz CT molecular complexity index is 1280. The first-order valence-electron chi connectivity index (χ1n) is 10.6. The molecule has 0 spiro atoms. The molecule has 0 bridgehead atoms. The summed E-state index contributed by atoms with van der Waals surface area (Å²) in [5, 5.41) is 8.87. The van der Waals surface area contributed by atoms with Gasteiger partial charge in [0.1, 0.15) is 18.2 Å². The Kier molecular flexibility index (Phi) is 5.90. The number of likely N-dealkylation sites (N-methyl/N-ethyl adjacent to an activating group) is 1. The van der Waals surface area contributed by atoms with Crippen LogP contribution in [0.5, 0.6) is 0 Å². The van der Waals surface area contributed by atoms with Crippen molar-refractivity contribution < 1.29 is 4.79 Å². The van der Waals surface area contributed by atoms with Gasteiger partial charge in [-0.3, -0.25) is 9.48 Å². The van der Waals surface area contributed by atoms with E-state index in [2.05, 4.69) is 59.6 Å². The number of carbonyl (C=O) groups excluding carboxylic acids is 1. The molecule has 2 aromatic heterocycles. The van der Waals surface area contributed by atoms with Crippen LogP contribution >= 0.6 is 0 Å². The molecule has 0 aliphatic heterocycles. The van der Waals surface area contributed by atoms with E-state index in [0.29, 0.717) is 0 Å². The zero-order valence-corrected chi connectivity index (χ0v) is 19.1. The summed E-state index contributed by atoms with van der Waals surface area (Å²) in [6.07, 6.45) is 3.67. The lowest BCUT2D eigenvalue weighted by Crippen LogP contribution is -2.26. The second-order valence-electron chi connectivity index (χ2n) is 8.35. The zero-order chi connectivity index (χ0) is 22.8. The van der Waals surface area contributed by atoms with E-state index < -0.39 is 0 Å². The maximum absolute atomic E-state index is 12.0. The molecular formula is C25H28N6O. The molecule has 164 valence electrons. The summed E-state index contributed by atoms with van der Waals surface area (Å²) < 4.78 is 1.66. The standard InChI is InChI=1S/C25H28N6O/c1-16-7-6-8-19(11-16)17(2)27-25-22-12-20(9-10-23(22)28-18(3)29-25)21-13-26-31(14-21)15-24(32)30(4)5/h6-14,17H,15H2,1-5H3,(H,27,28,29)/t17-/m1/s1. The molecule has 0 unspecified atom stereocenters. The average Bonchev–Trinajstić information content (AvgIpc) is 3.21. The fourth-order valence-electron chi connectivity index (χ4n) is 3.64. The monoisotopic (exact) mass is 428 g/mol. The molecule has 0 radical (unpaired) electrons. The number of amides is 1. The number of hydrogen-bond donors (Lipinski definition) is 1. The van der Waals surface area contributed by atoms with Gasteiger partial charge in [-0.05, 0) is 44.0 Å². The molecule has 0 saturated carbocycles. The highest BCUT2D eigenvalue weighted by Crippen LogP contribution is 2.29. The lowest BCUT2D eigenvalue weighted by Gasteiger charge is -2.17. The molecular weight excluding hydrogens is 400 g/mol. The number of nitrogens with one attached hydrogen (secondary N) is 1. The molecule has 1 atom stereocenters. The Morgan fingerprint density at radius 2 is 1.91 bits per heavy atom. The van der Waals surface area contributed by atoms with Gasteiger partial charge in [0.05, 0.1) is 11.7 Å². The number of benzene rings is 2. The van der Waals surface area contributed by atoms with Crippen LogP contribution in [0, 0.1) is 13.8 Å². The van der Waals surface area contributed by atoms with Crippen LogP contribution in [0.3, 0.4) is 0 Å². The van der Waals surface area contributed by atoms with Crippen molar-refractivity contribution in [1.82, 2.24) is 24.6 Å². The second-order valence-corrected chi connectivity index (χ2v) is 8.35. The van der Waals surface area contributed by atoms with Crippen LogP contribution in [-0.4, -0.2) is 44.7 Å². The number of aryl methyl sites for hydroxylation is 2. The molecule has 0 aliphatic carbocycles. The van der Waals surface area contributed by atoms with Gasteiger partial charge < -0.3 is 10.2 Å². The lowest BCUT2D eigenvalue weighted by atomic mass is 10.0. The largest absolute Gasteiger partial charge is 0.363 e. The minimum absolute atomic E-state index is 0.00124. The van der Waals surface area contributed by atoms with E-state index in [0.717, 1.165) is 33.7 Å². The summed E-state index contributed by atoms with van der Waals surface area (Å²) in [4.78, 5) is 22.9. The molecule has 0 fully saturated rings. The SMILES string of the molecule is Cc1cccc([C@@H](C)Nc2nc(C)nc3ccc(-c4cnn(CC(=O)N(C)C)c4)cc23)c1. The predicted molar refractivity (Wildman–Crippen MR) is 127 cm³/mol. The molecule has 1 amide bonds. The zero-order valence-electron chi connectivity index (χ0n) is 19.1. The van der Waals surface area contributed by atoms with E-state index in [1.807, 2.05) is 25.3 Å². The van der Waals surface area contributed by atoms with Crippen molar-refractivity contribution in [3.8, 4) is 11.1 Å². The second kappa shape index (κ2) is 8.78. The molecule has 2 aromatic carbocycles. The van der Waals surface area contributed by atoms with Gasteiger partial charge >= 0.3 is 0 Å². The van der Waals surface area contributed by atoms with Crippen LogP contribution in [-0.2, 0) is 11.3 Å². The fraction of sp³-hybridized carbons (Fsp3) is 0.280. The molecule has 7 heteroatoms. The van der Waals surface area contributed by atoms with E-state index in [1.165, 1.54) is 11.1 Å². The minimum atomic E-state index is -0.00124.